The molecular formula is C16H16N2O3S2. The maximum atomic E-state index is 11.6. The number of ether oxygens (including phenoxy) is 1. The summed E-state index contributed by atoms with van der Waals surface area (Å²) in [6, 6.07) is 6.71. The molecule has 120 valence electrons. The lowest BCUT2D eigenvalue weighted by molar-refractivity contribution is 0.0526. The van der Waals surface area contributed by atoms with Crippen molar-refractivity contribution in [1.82, 2.24) is 4.57 Å². The first-order chi connectivity index (χ1) is 11.1. The Morgan fingerprint density at radius 3 is 2.78 bits per heavy atom. The summed E-state index contributed by atoms with van der Waals surface area (Å²) in [6.07, 6.45) is 3.21. The van der Waals surface area contributed by atoms with Crippen molar-refractivity contribution < 1.29 is 14.6 Å². The number of nitrogens with zero attached hydrogens (tertiary/aromatic N) is 2. The van der Waals surface area contributed by atoms with Crippen LogP contribution in [0.15, 0.2) is 41.9 Å². The average molecular weight is 348 g/mol. The highest BCUT2D eigenvalue weighted by Gasteiger charge is 2.09. The van der Waals surface area contributed by atoms with Crippen LogP contribution in [-0.2, 0) is 11.3 Å². The molecule has 0 saturated heterocycles. The summed E-state index contributed by atoms with van der Waals surface area (Å²) in [4.78, 5) is 16.4. The number of benzene rings is 1. The van der Waals surface area contributed by atoms with E-state index >= 15 is 0 Å². The smallest absolute Gasteiger partial charge is 0.338 e. The molecule has 1 heterocycles. The lowest BCUT2D eigenvalue weighted by atomic mass is 10.2. The van der Waals surface area contributed by atoms with Crippen LogP contribution in [0.25, 0.3) is 0 Å². The number of aromatic hydroxyl groups is 1. The number of hydrogen-bond acceptors (Lipinski definition) is 6. The highest BCUT2D eigenvalue weighted by molar-refractivity contribution is 7.73. The zero-order chi connectivity index (χ0) is 16.8. The van der Waals surface area contributed by atoms with E-state index in [1.807, 2.05) is 0 Å². The molecule has 2 rings (SSSR count). The molecule has 0 unspecified atom stereocenters. The molecule has 1 aromatic carbocycles. The van der Waals surface area contributed by atoms with E-state index in [0.717, 1.165) is 0 Å². The molecule has 5 nitrogen and oxygen atoms in total. The van der Waals surface area contributed by atoms with Crippen LogP contribution in [-0.4, -0.2) is 28.5 Å². The maximum Gasteiger partial charge on any atom is 0.338 e. The lowest BCUT2D eigenvalue weighted by Gasteiger charge is -2.01. The third kappa shape index (κ3) is 4.14. The molecule has 0 saturated carbocycles. The minimum absolute atomic E-state index is 0.0757. The van der Waals surface area contributed by atoms with Gasteiger partial charge in [-0.25, -0.2) is 4.79 Å². The topological polar surface area (TPSA) is 63.8 Å². The molecule has 7 heteroatoms. The summed E-state index contributed by atoms with van der Waals surface area (Å²) >= 11 is 6.46. The number of hydrogen-bond donors (Lipinski definition) is 1. The zero-order valence-corrected chi connectivity index (χ0v) is 14.2. The highest BCUT2D eigenvalue weighted by atomic mass is 32.1. The van der Waals surface area contributed by atoms with E-state index in [2.05, 4.69) is 11.6 Å². The van der Waals surface area contributed by atoms with Gasteiger partial charge in [-0.3, -0.25) is 9.56 Å². The van der Waals surface area contributed by atoms with E-state index in [-0.39, 0.29) is 11.8 Å². The molecule has 0 amide bonds. The summed E-state index contributed by atoms with van der Waals surface area (Å²) in [6.45, 7) is 6.18. The fourth-order valence-electron chi connectivity index (χ4n) is 1.82. The Labute approximate surface area is 143 Å². The SMILES string of the molecule is C=CCn1c(O)c(C=Nc2ccc(C(=O)OCC)cc2)sc1=S. The van der Waals surface area contributed by atoms with Crippen molar-refractivity contribution in [2.45, 2.75) is 13.5 Å². The molecule has 23 heavy (non-hydrogen) atoms. The van der Waals surface area contributed by atoms with Crippen LogP contribution in [0, 0.1) is 3.95 Å². The van der Waals surface area contributed by atoms with Gasteiger partial charge in [0.1, 0.15) is 4.88 Å². The van der Waals surface area contributed by atoms with Gasteiger partial charge in [0.05, 0.1) is 24.1 Å². The van der Waals surface area contributed by atoms with E-state index in [1.54, 1.807) is 48.0 Å². The maximum absolute atomic E-state index is 11.6. The van der Waals surface area contributed by atoms with Gasteiger partial charge in [0.15, 0.2) is 3.95 Å². The molecular weight excluding hydrogens is 332 g/mol. The third-order valence-electron chi connectivity index (χ3n) is 2.91. The molecule has 0 radical (unpaired) electrons. The van der Waals surface area contributed by atoms with Crippen molar-refractivity contribution in [3.8, 4) is 5.88 Å². The van der Waals surface area contributed by atoms with E-state index < -0.39 is 0 Å². The van der Waals surface area contributed by atoms with Crippen LogP contribution in [0.5, 0.6) is 5.88 Å². The summed E-state index contributed by atoms with van der Waals surface area (Å²) in [5, 5.41) is 10.1. The Morgan fingerprint density at radius 1 is 1.48 bits per heavy atom. The Hall–Kier alpha value is -2.25. The van der Waals surface area contributed by atoms with Gasteiger partial charge in [-0.2, -0.15) is 0 Å². The van der Waals surface area contributed by atoms with Gasteiger partial charge in [0.2, 0.25) is 5.88 Å². The van der Waals surface area contributed by atoms with E-state index in [1.165, 1.54) is 11.3 Å². The van der Waals surface area contributed by atoms with Gasteiger partial charge in [0.25, 0.3) is 0 Å². The summed E-state index contributed by atoms with van der Waals surface area (Å²) < 4.78 is 7.06. The first-order valence-electron chi connectivity index (χ1n) is 6.91. The van der Waals surface area contributed by atoms with Crippen molar-refractivity contribution in [3.05, 3.63) is 51.3 Å². The van der Waals surface area contributed by atoms with Crippen LogP contribution < -0.4 is 0 Å². The largest absolute Gasteiger partial charge is 0.493 e. The van der Waals surface area contributed by atoms with Gasteiger partial charge in [-0.15, -0.1) is 6.58 Å². The molecule has 0 bridgehead atoms. The van der Waals surface area contributed by atoms with E-state index in [4.69, 9.17) is 17.0 Å². The molecule has 0 aliphatic rings. The molecule has 0 fully saturated rings. The first kappa shape index (κ1) is 17.1. The number of rotatable bonds is 6. The minimum Gasteiger partial charge on any atom is -0.493 e. The van der Waals surface area contributed by atoms with Gasteiger partial charge in [-0.1, -0.05) is 17.4 Å². The molecule has 1 N–H and O–H groups in total. The predicted molar refractivity (Wildman–Crippen MR) is 94.7 cm³/mol. The van der Waals surface area contributed by atoms with Crippen LogP contribution in [0.1, 0.15) is 22.2 Å². The average Bonchev–Trinajstić information content (AvgIpc) is 2.81. The number of allylic oxidation sites excluding steroid dienone is 1. The van der Waals surface area contributed by atoms with E-state index in [9.17, 15) is 9.90 Å². The second kappa shape index (κ2) is 7.85. The monoisotopic (exact) mass is 348 g/mol. The predicted octanol–water partition coefficient (Wildman–Crippen LogP) is 4.10. The lowest BCUT2D eigenvalue weighted by Crippen LogP contribution is -2.03. The van der Waals surface area contributed by atoms with Crippen molar-refractivity contribution >= 4 is 41.4 Å². The van der Waals surface area contributed by atoms with Crippen LogP contribution in [0.2, 0.25) is 0 Å². The van der Waals surface area contributed by atoms with Crippen molar-refractivity contribution in [2.75, 3.05) is 6.61 Å². The zero-order valence-electron chi connectivity index (χ0n) is 12.6. The molecule has 2 aromatic rings. The number of aliphatic imine (C=N–C) groups is 1. The molecule has 0 spiro atoms. The molecule has 1 aromatic heterocycles. The van der Waals surface area contributed by atoms with Crippen molar-refractivity contribution in [2.24, 2.45) is 4.99 Å². The molecule has 0 aliphatic heterocycles. The Kier molecular flexibility index (Phi) is 5.84. The molecule has 0 aliphatic carbocycles. The van der Waals surface area contributed by atoms with Crippen LogP contribution in [0.3, 0.4) is 0 Å². The quantitative estimate of drug-likeness (QED) is 0.369. The number of thiazole rings is 1. The number of esters is 1. The van der Waals surface area contributed by atoms with Crippen LogP contribution in [0.4, 0.5) is 5.69 Å². The standard InChI is InChI=1S/C16H16N2O3S2/c1-3-9-18-14(19)13(23-16(18)22)10-17-12-7-5-11(6-8-12)15(20)21-4-2/h3,5-8,10,19H,1,4,9H2,2H3. The van der Waals surface area contributed by atoms with E-state index in [0.29, 0.717) is 33.2 Å². The Bertz CT molecular complexity index is 789. The van der Waals surface area contributed by atoms with Gasteiger partial charge < -0.3 is 9.84 Å². The number of aromatic nitrogens is 1. The summed E-state index contributed by atoms with van der Waals surface area (Å²) in [7, 11) is 0. The van der Waals surface area contributed by atoms with Gasteiger partial charge in [-0.05, 0) is 43.4 Å². The summed E-state index contributed by atoms with van der Waals surface area (Å²) in [5.41, 5.74) is 1.13. The fourth-order valence-corrected chi connectivity index (χ4v) is 3.02. The summed E-state index contributed by atoms with van der Waals surface area (Å²) in [5.74, 6) is -0.285. The minimum atomic E-state index is -0.361. The Morgan fingerprint density at radius 2 is 2.17 bits per heavy atom. The third-order valence-corrected chi connectivity index (χ3v) is 4.29. The second-order valence-corrected chi connectivity index (χ2v) is 6.16. The number of carbonyl (C=O) groups is 1. The molecule has 0 atom stereocenters. The van der Waals surface area contributed by atoms with Crippen molar-refractivity contribution in [3.63, 3.8) is 0 Å². The normalized spacial score (nSPS) is 10.8. The van der Waals surface area contributed by atoms with Crippen LogP contribution >= 0.6 is 23.6 Å². The Balaban J connectivity index is 2.17. The second-order valence-electron chi connectivity index (χ2n) is 4.48. The highest BCUT2D eigenvalue weighted by Crippen LogP contribution is 2.25. The fraction of sp³-hybridized carbons (Fsp3) is 0.188. The van der Waals surface area contributed by atoms with Gasteiger partial charge >= 0.3 is 5.97 Å². The van der Waals surface area contributed by atoms with Crippen molar-refractivity contribution in [1.29, 1.82) is 0 Å². The number of carbonyl (C=O) groups excluding carboxylic acids is 1. The first-order valence-corrected chi connectivity index (χ1v) is 8.14. The van der Waals surface area contributed by atoms with Gasteiger partial charge in [0, 0.05) is 6.54 Å².